The van der Waals surface area contributed by atoms with Crippen molar-refractivity contribution in [3.8, 4) is 0 Å². The van der Waals surface area contributed by atoms with E-state index < -0.39 is 0 Å². The number of rotatable bonds is 35. The molecule has 10 fully saturated rings. The monoisotopic (exact) mass is 1500 g/mol. The summed E-state index contributed by atoms with van der Waals surface area (Å²) in [5.74, 6) is 7.80. The van der Waals surface area contributed by atoms with E-state index in [1.807, 2.05) is 69.5 Å². The molecule has 0 spiro atoms. The van der Waals surface area contributed by atoms with Crippen LogP contribution in [0.15, 0.2) is 0 Å². The summed E-state index contributed by atoms with van der Waals surface area (Å²) in [5.41, 5.74) is -0.0371. The highest BCUT2D eigenvalue weighted by Crippen LogP contribution is 2.60. The van der Waals surface area contributed by atoms with Gasteiger partial charge < -0.3 is 39.2 Å². The van der Waals surface area contributed by atoms with Gasteiger partial charge in [-0.1, -0.05) is 171 Å². The second-order valence-electron chi connectivity index (χ2n) is 37.9. The molecule has 10 aliphatic carbocycles. The molecule has 4 bridgehead atoms. The predicted octanol–water partition coefficient (Wildman–Crippen LogP) is 19.0. The Balaban J connectivity index is 0.000000224. The van der Waals surface area contributed by atoms with Crippen LogP contribution in [0.2, 0.25) is 0 Å². The van der Waals surface area contributed by atoms with Crippen molar-refractivity contribution in [3.63, 3.8) is 0 Å². The summed E-state index contributed by atoms with van der Waals surface area (Å²) in [6, 6.07) is 1.38. The first-order valence-electron chi connectivity index (χ1n) is 45.4. The third-order valence-corrected chi connectivity index (χ3v) is 26.3. The molecule has 10 aliphatic rings. The number of hydrogen-bond donors (Lipinski definition) is 0. The molecule has 0 atom stereocenters. The predicted molar refractivity (Wildman–Crippen MR) is 439 cm³/mol. The minimum Gasteiger partial charge on any atom is -0.346 e. The van der Waals surface area contributed by atoms with Crippen molar-refractivity contribution in [2.75, 3.05) is 87.6 Å². The van der Waals surface area contributed by atoms with Gasteiger partial charge in [0, 0.05) is 149 Å². The van der Waals surface area contributed by atoms with Gasteiger partial charge in [-0.2, -0.15) is 0 Å². The van der Waals surface area contributed by atoms with E-state index in [9.17, 15) is 38.4 Å². The van der Waals surface area contributed by atoms with Crippen LogP contribution in [0, 0.1) is 64.6 Å². The molecule has 0 aromatic heterocycles. The topological polar surface area (TPSA) is 162 Å². The minimum absolute atomic E-state index is 0.0371. The summed E-state index contributed by atoms with van der Waals surface area (Å²) in [4.78, 5) is 118. The van der Waals surface area contributed by atoms with Gasteiger partial charge in [-0.05, 0) is 208 Å². The second kappa shape index (κ2) is 49.3. The molecule has 107 heavy (non-hydrogen) atoms. The van der Waals surface area contributed by atoms with Gasteiger partial charge in [0.15, 0.2) is 0 Å². The lowest BCUT2D eigenvalue weighted by atomic mass is 9.49. The van der Waals surface area contributed by atoms with Gasteiger partial charge in [-0.3, -0.25) is 38.4 Å². The highest BCUT2D eigenvalue weighted by Gasteiger charge is 2.55. The summed E-state index contributed by atoms with van der Waals surface area (Å²) in [6.07, 6.45) is 53.4. The normalized spacial score (nSPS) is 22.4. The standard InChI is InChI=1S/2C25H44N2O2.C21H40N2O2.C20H36N2O2/c1-18(2)16-27(17-19(3)4)23(28)8-6-7-9-26(5)24(29)25-13-20-10-21(14-25)12-22(11-20)15-25;1-26(22-15-7-3-8-16-22)24(28)19-11-12-20-27(23-17-9-4-10-18-23)25(29)21-13-5-2-6-14-21;1-17(2)15-23(16-18(3)4)20(24)13-9-10-14-22(5)21(25)19-11-7-6-8-12-19;1-21(20(24)17-11-5-3-6-12-17)16-10-9-15-19(23)22(2)18-13-7-4-8-14-18/h18-22H,6-17H2,1-5H3;21-23H,2-20H2,1H3;17-19H,6-16H2,1-5H3;17-18H,3-16H2,1-2H3. The van der Waals surface area contributed by atoms with Crippen LogP contribution in [0.1, 0.15) is 364 Å². The van der Waals surface area contributed by atoms with Gasteiger partial charge in [-0.15, -0.1) is 0 Å². The van der Waals surface area contributed by atoms with E-state index >= 15 is 0 Å². The van der Waals surface area contributed by atoms with Crippen molar-refractivity contribution in [2.45, 2.75) is 382 Å². The van der Waals surface area contributed by atoms with Gasteiger partial charge in [-0.25, -0.2) is 0 Å². The molecule has 16 heteroatoms. The zero-order valence-corrected chi connectivity index (χ0v) is 71.4. The smallest absolute Gasteiger partial charge is 0.228 e. The molecule has 0 aromatic carbocycles. The van der Waals surface area contributed by atoms with Crippen molar-refractivity contribution < 1.29 is 38.4 Å². The van der Waals surface area contributed by atoms with Crippen LogP contribution in [-0.4, -0.2) is 192 Å². The second-order valence-corrected chi connectivity index (χ2v) is 37.9. The minimum atomic E-state index is -0.0371. The molecule has 0 N–H and O–H groups in total. The van der Waals surface area contributed by atoms with Crippen LogP contribution in [0.4, 0.5) is 0 Å². The van der Waals surface area contributed by atoms with Crippen LogP contribution in [-0.2, 0) is 38.4 Å². The molecule has 616 valence electrons. The first-order chi connectivity index (χ1) is 51.2. The van der Waals surface area contributed by atoms with E-state index in [2.05, 4.69) is 60.3 Å². The number of unbranched alkanes of at least 4 members (excludes halogenated alkanes) is 4. The summed E-state index contributed by atoms with van der Waals surface area (Å²) in [7, 11) is 9.80. The maximum absolute atomic E-state index is 13.3. The molecular weight excluding hydrogens is 1330 g/mol. The van der Waals surface area contributed by atoms with Gasteiger partial charge in [0.25, 0.3) is 0 Å². The Labute approximate surface area is 655 Å². The quantitative estimate of drug-likeness (QED) is 0.0566. The SMILES string of the molecule is CC(C)CN(CC(C)C)C(=O)CCCCN(C)C(=O)C12CC3CC(CC(C3)C1)C2.CC(C)CN(CC(C)C)C(=O)CCCCN(C)C(=O)C1CCCCC1.CN(C(=O)CCCCN(C(=O)C1CCCCC1)C1CCCCC1)C1CCCCC1.CN(CCCCC(=O)N(C)C1CCCCC1)C(=O)C1CCCCC1. The lowest BCUT2D eigenvalue weighted by Gasteiger charge is -2.56. The highest BCUT2D eigenvalue weighted by atomic mass is 16.2. The van der Waals surface area contributed by atoms with Gasteiger partial charge in [0.1, 0.15) is 0 Å². The van der Waals surface area contributed by atoms with Crippen LogP contribution >= 0.6 is 0 Å². The van der Waals surface area contributed by atoms with Crippen molar-refractivity contribution in [3.05, 3.63) is 0 Å². The highest BCUT2D eigenvalue weighted by molar-refractivity contribution is 5.83. The molecule has 16 nitrogen and oxygen atoms in total. The third-order valence-electron chi connectivity index (χ3n) is 26.3. The van der Waals surface area contributed by atoms with E-state index in [1.54, 1.807) is 0 Å². The summed E-state index contributed by atoms with van der Waals surface area (Å²) >= 11 is 0. The lowest BCUT2D eigenvalue weighted by molar-refractivity contribution is -0.156. The lowest BCUT2D eigenvalue weighted by Crippen LogP contribution is -2.54. The molecule has 0 aliphatic heterocycles. The Morgan fingerprint density at radius 1 is 0.299 bits per heavy atom. The Hall–Kier alpha value is -4.24. The van der Waals surface area contributed by atoms with E-state index in [1.165, 1.54) is 173 Å². The largest absolute Gasteiger partial charge is 0.346 e. The molecular formula is C91H164N8O8. The molecule has 0 radical (unpaired) electrons. The van der Waals surface area contributed by atoms with Crippen molar-refractivity contribution in [1.82, 2.24) is 39.2 Å². The first kappa shape index (κ1) is 91.6. The number of carbonyl (C=O) groups excluding carboxylic acids is 8. The molecule has 10 rings (SSSR count). The number of hydrogen-bond acceptors (Lipinski definition) is 8. The molecule has 0 aromatic rings. The Morgan fingerprint density at radius 3 is 0.869 bits per heavy atom. The molecule has 8 amide bonds. The fourth-order valence-electron chi connectivity index (χ4n) is 20.6. The van der Waals surface area contributed by atoms with Crippen LogP contribution in [0.25, 0.3) is 0 Å². The average Bonchev–Trinajstić information content (AvgIpc) is 0.739. The Morgan fingerprint density at radius 2 is 0.561 bits per heavy atom. The van der Waals surface area contributed by atoms with Crippen LogP contribution in [0.5, 0.6) is 0 Å². The summed E-state index contributed by atoms with van der Waals surface area (Å²) in [6.45, 7) is 23.9. The Bertz CT molecular complexity index is 2520. The van der Waals surface area contributed by atoms with E-state index in [4.69, 9.17) is 0 Å². The molecule has 0 saturated heterocycles. The van der Waals surface area contributed by atoms with E-state index in [-0.39, 0.29) is 40.9 Å². The van der Waals surface area contributed by atoms with Gasteiger partial charge >= 0.3 is 0 Å². The summed E-state index contributed by atoms with van der Waals surface area (Å²) in [5, 5.41) is 0. The van der Waals surface area contributed by atoms with Gasteiger partial charge in [0.2, 0.25) is 47.3 Å². The third kappa shape index (κ3) is 32.4. The fraction of sp³-hybridized carbons (Fsp3) is 0.912. The molecule has 0 heterocycles. The number of nitrogens with zero attached hydrogens (tertiary/aromatic N) is 8. The number of amides is 8. The van der Waals surface area contributed by atoms with Crippen molar-refractivity contribution in [2.24, 2.45) is 64.6 Å². The van der Waals surface area contributed by atoms with Gasteiger partial charge in [0.05, 0.1) is 5.41 Å². The van der Waals surface area contributed by atoms with E-state index in [0.29, 0.717) is 97.0 Å². The van der Waals surface area contributed by atoms with Crippen LogP contribution < -0.4 is 0 Å². The first-order valence-corrected chi connectivity index (χ1v) is 45.4. The number of carbonyl (C=O) groups is 8. The van der Waals surface area contributed by atoms with Crippen LogP contribution in [0.3, 0.4) is 0 Å². The Kier molecular flexibility index (Phi) is 42.2. The maximum Gasteiger partial charge on any atom is 0.228 e. The van der Waals surface area contributed by atoms with Crippen molar-refractivity contribution >= 4 is 47.3 Å². The van der Waals surface area contributed by atoms with Crippen molar-refractivity contribution in [1.29, 1.82) is 0 Å². The van der Waals surface area contributed by atoms with E-state index in [0.717, 1.165) is 179 Å². The maximum atomic E-state index is 13.3. The zero-order valence-electron chi connectivity index (χ0n) is 71.4. The summed E-state index contributed by atoms with van der Waals surface area (Å²) < 4.78 is 0. The molecule has 10 saturated carbocycles. The zero-order chi connectivity index (χ0) is 77.8. The average molecular weight is 1500 g/mol. The fourth-order valence-corrected chi connectivity index (χ4v) is 20.6. The molecule has 0 unspecified atom stereocenters.